The molecule has 29 heavy (non-hydrogen) atoms. The van der Waals surface area contributed by atoms with Crippen molar-refractivity contribution < 1.29 is 14.1 Å². The van der Waals surface area contributed by atoms with Crippen molar-refractivity contribution in [2.45, 2.75) is 5.92 Å². The van der Waals surface area contributed by atoms with Crippen LogP contribution in [-0.2, 0) is 4.79 Å². The van der Waals surface area contributed by atoms with Gasteiger partial charge >= 0.3 is 0 Å². The van der Waals surface area contributed by atoms with Gasteiger partial charge in [0.1, 0.15) is 5.75 Å². The minimum Gasteiger partial charge on any atom is -0.484 e. The van der Waals surface area contributed by atoms with Gasteiger partial charge in [0.25, 0.3) is 5.91 Å². The molecule has 7 nitrogen and oxygen atoms in total. The minimum absolute atomic E-state index is 0.0111. The number of ether oxygens (including phenoxy) is 1. The van der Waals surface area contributed by atoms with E-state index in [2.05, 4.69) is 15.1 Å². The molecule has 1 amide bonds. The second-order valence-electron chi connectivity index (χ2n) is 6.99. The molecule has 4 aromatic rings. The van der Waals surface area contributed by atoms with E-state index in [0.717, 1.165) is 16.3 Å². The maximum atomic E-state index is 12.4. The van der Waals surface area contributed by atoms with E-state index in [1.54, 1.807) is 17.3 Å². The van der Waals surface area contributed by atoms with Gasteiger partial charge < -0.3 is 14.2 Å². The molecule has 1 aliphatic rings. The molecule has 5 rings (SSSR count). The van der Waals surface area contributed by atoms with Crippen LogP contribution in [0.2, 0.25) is 0 Å². The number of carbonyl (C=O) groups excluding carboxylic acids is 1. The van der Waals surface area contributed by atoms with Crippen LogP contribution in [0.4, 0.5) is 0 Å². The molecule has 1 fully saturated rings. The van der Waals surface area contributed by atoms with Gasteiger partial charge in [-0.1, -0.05) is 35.5 Å². The normalized spacial score (nSPS) is 14.0. The Labute approximate surface area is 166 Å². The van der Waals surface area contributed by atoms with Crippen molar-refractivity contribution in [1.29, 1.82) is 0 Å². The summed E-state index contributed by atoms with van der Waals surface area (Å²) in [6.07, 6.45) is 3.37. The number of hydrogen-bond acceptors (Lipinski definition) is 6. The first-order valence-corrected chi connectivity index (χ1v) is 9.40. The quantitative estimate of drug-likeness (QED) is 0.524. The molecule has 0 bridgehead atoms. The standard InChI is InChI=1S/C22H18N4O3/c27-20(14-28-19-6-5-15-3-1-2-4-17(15)11-19)26-12-18(13-26)22-24-21(25-29-22)16-7-9-23-10-8-16/h1-11,18H,12-14H2. The Hall–Kier alpha value is -3.74. The van der Waals surface area contributed by atoms with Crippen LogP contribution in [0.25, 0.3) is 22.2 Å². The Morgan fingerprint density at radius 2 is 1.86 bits per heavy atom. The molecule has 0 atom stereocenters. The van der Waals surface area contributed by atoms with E-state index in [0.29, 0.717) is 30.6 Å². The third-order valence-corrected chi connectivity index (χ3v) is 5.05. The molecule has 0 spiro atoms. The first-order chi connectivity index (χ1) is 14.3. The van der Waals surface area contributed by atoms with E-state index in [9.17, 15) is 4.79 Å². The fourth-order valence-corrected chi connectivity index (χ4v) is 3.35. The lowest BCUT2D eigenvalue weighted by atomic mass is 10.0. The smallest absolute Gasteiger partial charge is 0.260 e. The fourth-order valence-electron chi connectivity index (χ4n) is 3.35. The lowest BCUT2D eigenvalue weighted by molar-refractivity contribution is -0.138. The molecule has 1 aliphatic heterocycles. The SMILES string of the molecule is O=C(COc1ccc2ccccc2c1)N1CC(c2nc(-c3ccncc3)no2)C1. The molecule has 1 saturated heterocycles. The molecule has 0 saturated carbocycles. The number of benzene rings is 2. The van der Waals surface area contributed by atoms with Crippen LogP contribution in [-0.4, -0.2) is 45.6 Å². The van der Waals surface area contributed by atoms with E-state index >= 15 is 0 Å². The Kier molecular flexibility index (Phi) is 4.40. The number of hydrogen-bond donors (Lipinski definition) is 0. The van der Waals surface area contributed by atoms with Crippen LogP contribution >= 0.6 is 0 Å². The number of nitrogens with zero attached hydrogens (tertiary/aromatic N) is 4. The van der Waals surface area contributed by atoms with Gasteiger partial charge in [-0.05, 0) is 35.0 Å². The lowest BCUT2D eigenvalue weighted by Gasteiger charge is -2.36. The first kappa shape index (κ1) is 17.4. The van der Waals surface area contributed by atoms with E-state index in [1.807, 2.05) is 54.6 Å². The molecule has 2 aromatic carbocycles. The molecule has 0 radical (unpaired) electrons. The molecule has 3 heterocycles. The Morgan fingerprint density at radius 1 is 1.07 bits per heavy atom. The third kappa shape index (κ3) is 3.54. The number of fused-ring (bicyclic) bond motifs is 1. The monoisotopic (exact) mass is 386 g/mol. The highest BCUT2D eigenvalue weighted by atomic mass is 16.5. The van der Waals surface area contributed by atoms with Crippen LogP contribution in [0.5, 0.6) is 5.75 Å². The summed E-state index contributed by atoms with van der Waals surface area (Å²) in [5.74, 6) is 1.78. The summed E-state index contributed by atoms with van der Waals surface area (Å²) in [6, 6.07) is 17.5. The number of pyridine rings is 1. The van der Waals surface area contributed by atoms with Gasteiger partial charge in [-0.15, -0.1) is 0 Å². The van der Waals surface area contributed by atoms with Gasteiger partial charge in [0.2, 0.25) is 11.7 Å². The van der Waals surface area contributed by atoms with Crippen molar-refractivity contribution >= 4 is 16.7 Å². The van der Waals surface area contributed by atoms with Gasteiger partial charge in [0, 0.05) is 31.0 Å². The molecule has 144 valence electrons. The zero-order valence-corrected chi connectivity index (χ0v) is 15.6. The highest BCUT2D eigenvalue weighted by Gasteiger charge is 2.35. The number of carbonyl (C=O) groups is 1. The van der Waals surface area contributed by atoms with E-state index in [-0.39, 0.29) is 18.4 Å². The maximum absolute atomic E-state index is 12.4. The summed E-state index contributed by atoms with van der Waals surface area (Å²) < 4.78 is 11.1. The average Bonchev–Trinajstić information content (AvgIpc) is 3.21. The predicted molar refractivity (Wildman–Crippen MR) is 106 cm³/mol. The Balaban J connectivity index is 1.16. The van der Waals surface area contributed by atoms with Gasteiger partial charge in [-0.2, -0.15) is 4.98 Å². The Bertz CT molecular complexity index is 1150. The third-order valence-electron chi connectivity index (χ3n) is 5.05. The topological polar surface area (TPSA) is 81.4 Å². The average molecular weight is 386 g/mol. The summed E-state index contributed by atoms with van der Waals surface area (Å²) in [5.41, 5.74) is 0.853. The second kappa shape index (κ2) is 7.35. The van der Waals surface area contributed by atoms with Gasteiger partial charge in [0.15, 0.2) is 6.61 Å². The van der Waals surface area contributed by atoms with Crippen molar-refractivity contribution in [3.05, 3.63) is 72.9 Å². The van der Waals surface area contributed by atoms with Crippen LogP contribution in [0, 0.1) is 0 Å². The highest BCUT2D eigenvalue weighted by molar-refractivity contribution is 5.84. The van der Waals surface area contributed by atoms with Crippen LogP contribution in [0.3, 0.4) is 0 Å². The van der Waals surface area contributed by atoms with Gasteiger partial charge in [-0.3, -0.25) is 9.78 Å². The van der Waals surface area contributed by atoms with E-state index < -0.39 is 0 Å². The number of aromatic nitrogens is 3. The Morgan fingerprint density at radius 3 is 2.69 bits per heavy atom. The summed E-state index contributed by atoms with van der Waals surface area (Å²) >= 11 is 0. The van der Waals surface area contributed by atoms with Crippen molar-refractivity contribution in [2.75, 3.05) is 19.7 Å². The minimum atomic E-state index is -0.0525. The molecular formula is C22H18N4O3. The molecule has 0 N–H and O–H groups in total. The summed E-state index contributed by atoms with van der Waals surface area (Å²) in [6.45, 7) is 1.12. The molecular weight excluding hydrogens is 368 g/mol. The molecule has 0 aliphatic carbocycles. The maximum Gasteiger partial charge on any atom is 0.260 e. The molecule has 2 aromatic heterocycles. The van der Waals surface area contributed by atoms with Gasteiger partial charge in [0.05, 0.1) is 5.92 Å². The number of amides is 1. The number of likely N-dealkylation sites (tertiary alicyclic amines) is 1. The first-order valence-electron chi connectivity index (χ1n) is 9.40. The van der Waals surface area contributed by atoms with Crippen LogP contribution < -0.4 is 4.74 Å². The fraction of sp³-hybridized carbons (Fsp3) is 0.182. The van der Waals surface area contributed by atoms with E-state index in [4.69, 9.17) is 9.26 Å². The van der Waals surface area contributed by atoms with Crippen molar-refractivity contribution in [2.24, 2.45) is 0 Å². The zero-order chi connectivity index (χ0) is 19.6. The second-order valence-corrected chi connectivity index (χ2v) is 6.99. The largest absolute Gasteiger partial charge is 0.484 e. The molecule has 7 heteroatoms. The van der Waals surface area contributed by atoms with E-state index in [1.165, 1.54) is 0 Å². The summed E-state index contributed by atoms with van der Waals surface area (Å²) in [7, 11) is 0. The van der Waals surface area contributed by atoms with Crippen LogP contribution in [0.15, 0.2) is 71.5 Å². The van der Waals surface area contributed by atoms with Crippen molar-refractivity contribution in [1.82, 2.24) is 20.0 Å². The lowest BCUT2D eigenvalue weighted by Crippen LogP contribution is -2.50. The number of rotatable bonds is 5. The highest BCUT2D eigenvalue weighted by Crippen LogP contribution is 2.28. The van der Waals surface area contributed by atoms with Crippen LogP contribution in [0.1, 0.15) is 11.8 Å². The summed E-state index contributed by atoms with van der Waals surface area (Å²) in [5, 5.41) is 6.25. The predicted octanol–water partition coefficient (Wildman–Crippen LogP) is 3.29. The summed E-state index contributed by atoms with van der Waals surface area (Å²) in [4.78, 5) is 22.6. The molecule has 0 unspecified atom stereocenters. The zero-order valence-electron chi connectivity index (χ0n) is 15.6. The van der Waals surface area contributed by atoms with Crippen molar-refractivity contribution in [3.63, 3.8) is 0 Å². The van der Waals surface area contributed by atoms with Crippen molar-refractivity contribution in [3.8, 4) is 17.1 Å². The van der Waals surface area contributed by atoms with Gasteiger partial charge in [-0.25, -0.2) is 0 Å².